The number of carbonyl (C=O) groups is 1. The summed E-state index contributed by atoms with van der Waals surface area (Å²) in [7, 11) is 0. The third-order valence-corrected chi connectivity index (χ3v) is 3.57. The van der Waals surface area contributed by atoms with E-state index in [0.717, 1.165) is 5.56 Å². The fourth-order valence-electron chi connectivity index (χ4n) is 2.42. The van der Waals surface area contributed by atoms with E-state index in [-0.39, 0.29) is 25.6 Å². The Balaban J connectivity index is 1.86. The Kier molecular flexibility index (Phi) is 4.57. The highest BCUT2D eigenvalue weighted by atomic mass is 19.1. The van der Waals surface area contributed by atoms with Gasteiger partial charge in [0, 0.05) is 23.1 Å². The Morgan fingerprint density at radius 3 is 2.83 bits per heavy atom. The second-order valence-corrected chi connectivity index (χ2v) is 5.24. The third-order valence-electron chi connectivity index (χ3n) is 3.57. The largest absolute Gasteiger partial charge is 0.461 e. The number of hydrogen-bond acceptors (Lipinski definition) is 4. The molecule has 0 aromatic heterocycles. The van der Waals surface area contributed by atoms with Crippen LogP contribution in [0, 0.1) is 5.82 Å². The van der Waals surface area contributed by atoms with E-state index in [1.807, 2.05) is 30.3 Å². The van der Waals surface area contributed by atoms with Crippen LogP contribution < -0.4 is 4.74 Å². The molecule has 0 bridgehead atoms. The van der Waals surface area contributed by atoms with Crippen molar-refractivity contribution in [1.29, 1.82) is 0 Å². The second kappa shape index (κ2) is 6.79. The van der Waals surface area contributed by atoms with Gasteiger partial charge in [-0.1, -0.05) is 37.3 Å². The van der Waals surface area contributed by atoms with Crippen LogP contribution in [0.3, 0.4) is 0 Å². The zero-order valence-electron chi connectivity index (χ0n) is 12.8. The minimum absolute atomic E-state index is 0.0196. The topological polar surface area (TPSA) is 44.8 Å². The van der Waals surface area contributed by atoms with Crippen molar-refractivity contribution in [1.82, 2.24) is 0 Å². The molecule has 0 saturated heterocycles. The van der Waals surface area contributed by atoms with E-state index < -0.39 is 12.1 Å². The van der Waals surface area contributed by atoms with Crippen molar-refractivity contribution >= 4 is 5.97 Å². The van der Waals surface area contributed by atoms with Gasteiger partial charge in [-0.15, -0.1) is 0 Å². The number of ether oxygens (including phenoxy) is 3. The van der Waals surface area contributed by atoms with Crippen LogP contribution >= 0.6 is 0 Å². The highest BCUT2D eigenvalue weighted by molar-refractivity contribution is 5.69. The number of rotatable bonds is 4. The number of hydrogen-bond donors (Lipinski definition) is 0. The van der Waals surface area contributed by atoms with Gasteiger partial charge in [0.05, 0.1) is 6.61 Å². The van der Waals surface area contributed by atoms with Crippen LogP contribution in [-0.4, -0.2) is 5.97 Å². The Hall–Kier alpha value is -2.40. The first-order chi connectivity index (χ1) is 11.2. The van der Waals surface area contributed by atoms with Crippen molar-refractivity contribution in [2.45, 2.75) is 32.8 Å². The predicted molar refractivity (Wildman–Crippen MR) is 81.1 cm³/mol. The average molecular weight is 316 g/mol. The normalized spacial score (nSPS) is 16.3. The molecular formula is C18H17FO4. The molecule has 2 aromatic rings. The number of esters is 1. The number of fused-ring (bicyclic) bond motifs is 1. The monoisotopic (exact) mass is 316 g/mol. The van der Waals surface area contributed by atoms with E-state index in [1.54, 1.807) is 6.92 Å². The lowest BCUT2D eigenvalue weighted by Crippen LogP contribution is -2.19. The van der Waals surface area contributed by atoms with Gasteiger partial charge < -0.3 is 14.2 Å². The molecule has 0 radical (unpaired) electrons. The highest BCUT2D eigenvalue weighted by Crippen LogP contribution is 2.36. The molecule has 4 nitrogen and oxygen atoms in total. The molecule has 0 aliphatic carbocycles. The zero-order chi connectivity index (χ0) is 16.2. The molecule has 2 aromatic carbocycles. The molecule has 0 saturated carbocycles. The van der Waals surface area contributed by atoms with Gasteiger partial charge in [0.15, 0.2) is 0 Å². The molecule has 0 spiro atoms. The van der Waals surface area contributed by atoms with E-state index in [1.165, 1.54) is 12.1 Å². The van der Waals surface area contributed by atoms with Crippen molar-refractivity contribution in [2.24, 2.45) is 0 Å². The third kappa shape index (κ3) is 3.51. The van der Waals surface area contributed by atoms with Gasteiger partial charge in [-0.2, -0.15) is 0 Å². The lowest BCUT2D eigenvalue weighted by Gasteiger charge is -2.28. The summed E-state index contributed by atoms with van der Waals surface area (Å²) in [5, 5.41) is 0. The second-order valence-electron chi connectivity index (χ2n) is 5.24. The predicted octanol–water partition coefficient (Wildman–Crippen LogP) is 3.89. The Labute approximate surface area is 133 Å². The molecule has 5 heteroatoms. The lowest BCUT2D eigenvalue weighted by molar-refractivity contribution is -0.144. The molecule has 0 N–H and O–H groups in total. The zero-order valence-corrected chi connectivity index (χ0v) is 12.8. The van der Waals surface area contributed by atoms with Crippen LogP contribution in [0.4, 0.5) is 4.39 Å². The van der Waals surface area contributed by atoms with E-state index in [4.69, 9.17) is 14.2 Å². The first kappa shape index (κ1) is 15.5. The standard InChI is InChI=1S/C18H17FO4/c1-2-16(20)21-10-13-8-15(19)9-14-11-22-18(23-17(13)14)12-6-4-3-5-7-12/h3-9,18H,2,10-11H2,1H3. The van der Waals surface area contributed by atoms with Crippen LogP contribution in [0.15, 0.2) is 42.5 Å². The van der Waals surface area contributed by atoms with Crippen molar-refractivity contribution in [3.05, 3.63) is 65.0 Å². The van der Waals surface area contributed by atoms with Crippen LogP contribution in [0.2, 0.25) is 0 Å². The molecule has 0 amide bonds. The SMILES string of the molecule is CCC(=O)OCc1cc(F)cc2c1OC(c1ccccc1)OC2. The summed E-state index contributed by atoms with van der Waals surface area (Å²) in [6.07, 6.45) is -0.288. The number of halogens is 1. The molecule has 1 aliphatic rings. The number of benzene rings is 2. The van der Waals surface area contributed by atoms with E-state index in [9.17, 15) is 9.18 Å². The van der Waals surface area contributed by atoms with Crippen molar-refractivity contribution < 1.29 is 23.4 Å². The van der Waals surface area contributed by atoms with E-state index >= 15 is 0 Å². The highest BCUT2D eigenvalue weighted by Gasteiger charge is 2.25. The Bertz CT molecular complexity index is 700. The summed E-state index contributed by atoms with van der Waals surface area (Å²) in [4.78, 5) is 11.3. The molecule has 0 fully saturated rings. The molecular weight excluding hydrogens is 299 g/mol. The maximum absolute atomic E-state index is 13.7. The fraction of sp³-hybridized carbons (Fsp3) is 0.278. The first-order valence-electron chi connectivity index (χ1n) is 7.47. The molecule has 23 heavy (non-hydrogen) atoms. The van der Waals surface area contributed by atoms with Crippen LogP contribution in [-0.2, 0) is 27.5 Å². The van der Waals surface area contributed by atoms with Crippen molar-refractivity contribution in [3.63, 3.8) is 0 Å². The van der Waals surface area contributed by atoms with Crippen LogP contribution in [0.1, 0.15) is 36.3 Å². The van der Waals surface area contributed by atoms with Gasteiger partial charge in [-0.05, 0) is 12.1 Å². The summed E-state index contributed by atoms with van der Waals surface area (Å²) in [5.74, 6) is -0.221. The molecule has 1 atom stereocenters. The quantitative estimate of drug-likeness (QED) is 0.803. The summed E-state index contributed by atoms with van der Waals surface area (Å²) in [5.41, 5.74) is 1.99. The van der Waals surface area contributed by atoms with Gasteiger partial charge in [0.2, 0.25) is 6.29 Å². The van der Waals surface area contributed by atoms with Crippen molar-refractivity contribution in [3.8, 4) is 5.75 Å². The minimum Gasteiger partial charge on any atom is -0.461 e. The molecule has 1 aliphatic heterocycles. The Morgan fingerprint density at radius 1 is 1.30 bits per heavy atom. The molecule has 1 heterocycles. The summed E-state index contributed by atoms with van der Waals surface area (Å²) in [6.45, 7) is 1.93. The number of carbonyl (C=O) groups excluding carboxylic acids is 1. The summed E-state index contributed by atoms with van der Waals surface area (Å²) < 4.78 is 30.4. The summed E-state index contributed by atoms with van der Waals surface area (Å²) in [6, 6.07) is 12.2. The van der Waals surface area contributed by atoms with Crippen molar-refractivity contribution in [2.75, 3.05) is 0 Å². The van der Waals surface area contributed by atoms with Gasteiger partial charge in [0.25, 0.3) is 0 Å². The maximum atomic E-state index is 13.7. The van der Waals surface area contributed by atoms with Crippen LogP contribution in [0.25, 0.3) is 0 Å². The maximum Gasteiger partial charge on any atom is 0.305 e. The average Bonchev–Trinajstić information content (AvgIpc) is 2.59. The van der Waals surface area contributed by atoms with E-state index in [0.29, 0.717) is 16.9 Å². The van der Waals surface area contributed by atoms with Gasteiger partial charge in [-0.25, -0.2) is 4.39 Å². The Morgan fingerprint density at radius 2 is 2.09 bits per heavy atom. The molecule has 3 rings (SSSR count). The van der Waals surface area contributed by atoms with Gasteiger partial charge in [0.1, 0.15) is 18.2 Å². The van der Waals surface area contributed by atoms with Gasteiger partial charge >= 0.3 is 5.97 Å². The lowest BCUT2D eigenvalue weighted by atomic mass is 10.1. The molecule has 120 valence electrons. The first-order valence-corrected chi connectivity index (χ1v) is 7.47. The smallest absolute Gasteiger partial charge is 0.305 e. The van der Waals surface area contributed by atoms with Gasteiger partial charge in [-0.3, -0.25) is 4.79 Å². The fourth-order valence-corrected chi connectivity index (χ4v) is 2.42. The summed E-state index contributed by atoms with van der Waals surface area (Å²) >= 11 is 0. The minimum atomic E-state index is -0.560. The van der Waals surface area contributed by atoms with Crippen LogP contribution in [0.5, 0.6) is 5.75 Å². The van der Waals surface area contributed by atoms with E-state index in [2.05, 4.69) is 0 Å². The molecule has 1 unspecified atom stereocenters.